The van der Waals surface area contributed by atoms with Gasteiger partial charge in [0.1, 0.15) is 25.5 Å². The fraction of sp³-hybridized carbons (Fsp3) is 0.909. The largest absolute Gasteiger partial charge is 0.472 e. The number of hydrogen-bond donors (Lipinski definition) is 2. The standard InChI is InChI=1S/C44H86NO10P/c1-4-6-8-10-12-14-16-18-19-21-23-25-27-29-31-36-51-41-53-39-43(55-56(48,49)54-37-34-45-44(47)33-32-42(3)46)38-52-40-50-35-30-28-26-24-22-20-17-15-13-11-9-7-5-2/h18-19,43H,4-17,20-41H2,1-3H3,(H,45,47)(H,48,49)/b19-18-. The molecule has 0 aliphatic heterocycles. The fourth-order valence-electron chi connectivity index (χ4n) is 6.15. The second-order valence-electron chi connectivity index (χ2n) is 15.2. The van der Waals surface area contributed by atoms with Crippen LogP contribution in [-0.2, 0) is 42.1 Å². The minimum atomic E-state index is -4.48. The van der Waals surface area contributed by atoms with Crippen LogP contribution >= 0.6 is 7.82 Å². The normalized spacial score (nSPS) is 13.4. The van der Waals surface area contributed by atoms with Gasteiger partial charge < -0.3 is 34.0 Å². The van der Waals surface area contributed by atoms with Crippen LogP contribution in [0, 0.1) is 0 Å². The van der Waals surface area contributed by atoms with Crippen LogP contribution in [-0.4, -0.2) is 75.9 Å². The maximum atomic E-state index is 12.6. The van der Waals surface area contributed by atoms with Crippen molar-refractivity contribution >= 4 is 19.5 Å². The number of carbonyl (C=O) groups is 2. The van der Waals surface area contributed by atoms with Crippen molar-refractivity contribution in [3.8, 4) is 0 Å². The third kappa shape index (κ3) is 43.9. The lowest BCUT2D eigenvalue weighted by atomic mass is 10.0. The number of nitrogens with one attached hydrogen (secondary N) is 1. The Morgan fingerprint density at radius 1 is 0.571 bits per heavy atom. The fourth-order valence-corrected chi connectivity index (χ4v) is 7.03. The molecule has 0 rings (SSSR count). The van der Waals surface area contributed by atoms with Crippen LogP contribution in [0.4, 0.5) is 0 Å². The predicted molar refractivity (Wildman–Crippen MR) is 228 cm³/mol. The Balaban J connectivity index is 4.20. The molecule has 0 aliphatic rings. The summed E-state index contributed by atoms with van der Waals surface area (Å²) in [7, 11) is -4.48. The molecule has 0 fully saturated rings. The second-order valence-corrected chi connectivity index (χ2v) is 16.6. The Morgan fingerprint density at radius 2 is 0.982 bits per heavy atom. The second kappa shape index (κ2) is 43.4. The van der Waals surface area contributed by atoms with Gasteiger partial charge in [0.05, 0.1) is 19.8 Å². The predicted octanol–water partition coefficient (Wildman–Crippen LogP) is 11.7. The molecule has 12 heteroatoms. The summed E-state index contributed by atoms with van der Waals surface area (Å²) in [6.07, 6.45) is 36.8. The van der Waals surface area contributed by atoms with Crippen molar-refractivity contribution in [2.75, 3.05) is 53.2 Å². The van der Waals surface area contributed by atoms with Crippen molar-refractivity contribution in [3.05, 3.63) is 12.2 Å². The van der Waals surface area contributed by atoms with Crippen LogP contribution in [0.2, 0.25) is 0 Å². The van der Waals surface area contributed by atoms with Gasteiger partial charge in [0.2, 0.25) is 5.91 Å². The van der Waals surface area contributed by atoms with Gasteiger partial charge in [-0.25, -0.2) is 4.57 Å². The van der Waals surface area contributed by atoms with E-state index in [4.69, 9.17) is 28.0 Å². The van der Waals surface area contributed by atoms with Crippen LogP contribution in [0.3, 0.4) is 0 Å². The number of phosphoric acid groups is 1. The van der Waals surface area contributed by atoms with Crippen LogP contribution in [0.25, 0.3) is 0 Å². The van der Waals surface area contributed by atoms with E-state index in [-0.39, 0.29) is 64.5 Å². The number of allylic oxidation sites excluding steroid dienone is 2. The number of carbonyl (C=O) groups excluding carboxylic acids is 2. The number of ketones is 1. The number of hydrogen-bond acceptors (Lipinski definition) is 9. The van der Waals surface area contributed by atoms with Crippen molar-refractivity contribution in [1.82, 2.24) is 5.32 Å². The molecule has 0 aromatic heterocycles. The lowest BCUT2D eigenvalue weighted by Crippen LogP contribution is -2.28. The van der Waals surface area contributed by atoms with Gasteiger partial charge in [-0.3, -0.25) is 13.8 Å². The molecule has 0 aliphatic carbocycles. The number of unbranched alkanes of at least 4 members (excludes halogenated alkanes) is 23. The van der Waals surface area contributed by atoms with E-state index in [1.54, 1.807) is 0 Å². The summed E-state index contributed by atoms with van der Waals surface area (Å²) in [6, 6.07) is 0. The number of phosphoric ester groups is 1. The van der Waals surface area contributed by atoms with Gasteiger partial charge in [-0.1, -0.05) is 154 Å². The molecule has 0 radical (unpaired) electrons. The molecule has 2 N–H and O–H groups in total. The summed E-state index contributed by atoms with van der Waals surface area (Å²) in [5.41, 5.74) is 0. The molecule has 2 atom stereocenters. The summed E-state index contributed by atoms with van der Waals surface area (Å²) >= 11 is 0. The van der Waals surface area contributed by atoms with E-state index in [2.05, 4.69) is 31.3 Å². The molecule has 0 aromatic rings. The quantitative estimate of drug-likeness (QED) is 0.0264. The van der Waals surface area contributed by atoms with E-state index in [9.17, 15) is 19.0 Å². The van der Waals surface area contributed by atoms with E-state index in [1.807, 2.05) is 0 Å². The van der Waals surface area contributed by atoms with Gasteiger partial charge in [-0.2, -0.15) is 0 Å². The minimum absolute atomic E-state index is 0.000451. The lowest BCUT2D eigenvalue weighted by Gasteiger charge is -2.21. The van der Waals surface area contributed by atoms with E-state index in [0.29, 0.717) is 13.2 Å². The highest BCUT2D eigenvalue weighted by Crippen LogP contribution is 2.44. The van der Waals surface area contributed by atoms with E-state index < -0.39 is 13.9 Å². The molecule has 0 heterocycles. The lowest BCUT2D eigenvalue weighted by molar-refractivity contribution is -0.124. The zero-order valence-electron chi connectivity index (χ0n) is 36.3. The van der Waals surface area contributed by atoms with Crippen molar-refractivity contribution < 1.29 is 47.0 Å². The Kier molecular flexibility index (Phi) is 42.5. The zero-order chi connectivity index (χ0) is 41.1. The molecular weight excluding hydrogens is 733 g/mol. The first-order chi connectivity index (χ1) is 27.3. The molecule has 0 saturated heterocycles. The molecule has 0 spiro atoms. The molecule has 0 saturated carbocycles. The van der Waals surface area contributed by atoms with Crippen LogP contribution in [0.5, 0.6) is 0 Å². The summed E-state index contributed by atoms with van der Waals surface area (Å²) in [5, 5.41) is 2.55. The molecule has 2 unspecified atom stereocenters. The van der Waals surface area contributed by atoms with E-state index in [1.165, 1.54) is 142 Å². The van der Waals surface area contributed by atoms with Crippen LogP contribution in [0.1, 0.15) is 201 Å². The Morgan fingerprint density at radius 3 is 1.41 bits per heavy atom. The maximum absolute atomic E-state index is 12.6. The number of Topliss-reactive ketones (excluding diaryl/α,β-unsaturated/α-hetero) is 1. The molecule has 0 bridgehead atoms. The Bertz CT molecular complexity index is 937. The molecule has 332 valence electrons. The van der Waals surface area contributed by atoms with Crippen molar-refractivity contribution in [2.45, 2.75) is 207 Å². The highest BCUT2D eigenvalue weighted by atomic mass is 31.2. The monoisotopic (exact) mass is 820 g/mol. The Labute approximate surface area is 343 Å². The van der Waals surface area contributed by atoms with E-state index in [0.717, 1.165) is 32.1 Å². The summed E-state index contributed by atoms with van der Waals surface area (Å²) < 4.78 is 45.5. The first-order valence-corrected chi connectivity index (χ1v) is 24.2. The minimum Gasteiger partial charge on any atom is -0.355 e. The number of amides is 1. The Hall–Kier alpha value is -1.17. The van der Waals surface area contributed by atoms with Crippen LogP contribution in [0.15, 0.2) is 12.2 Å². The number of ether oxygens (including phenoxy) is 4. The van der Waals surface area contributed by atoms with Gasteiger partial charge in [-0.15, -0.1) is 0 Å². The average Bonchev–Trinajstić information content (AvgIpc) is 3.17. The molecule has 11 nitrogen and oxygen atoms in total. The zero-order valence-corrected chi connectivity index (χ0v) is 37.2. The maximum Gasteiger partial charge on any atom is 0.472 e. The van der Waals surface area contributed by atoms with Crippen molar-refractivity contribution in [1.29, 1.82) is 0 Å². The highest BCUT2D eigenvalue weighted by Gasteiger charge is 2.27. The van der Waals surface area contributed by atoms with E-state index >= 15 is 0 Å². The summed E-state index contributed by atoms with van der Waals surface area (Å²) in [6.45, 7) is 6.84. The van der Waals surface area contributed by atoms with Gasteiger partial charge >= 0.3 is 7.82 Å². The van der Waals surface area contributed by atoms with Crippen molar-refractivity contribution in [2.24, 2.45) is 0 Å². The summed E-state index contributed by atoms with van der Waals surface area (Å²) in [4.78, 5) is 33.2. The third-order valence-corrected chi connectivity index (χ3v) is 10.6. The molecular formula is C44H86NO10P. The number of rotatable bonds is 46. The van der Waals surface area contributed by atoms with Crippen LogP contribution < -0.4 is 5.32 Å². The molecule has 0 aromatic carbocycles. The van der Waals surface area contributed by atoms with Gasteiger partial charge in [0, 0.05) is 32.6 Å². The molecule has 56 heavy (non-hydrogen) atoms. The first kappa shape index (κ1) is 54.8. The third-order valence-electron chi connectivity index (χ3n) is 9.55. The topological polar surface area (TPSA) is 139 Å². The smallest absolute Gasteiger partial charge is 0.355 e. The highest BCUT2D eigenvalue weighted by molar-refractivity contribution is 7.47. The van der Waals surface area contributed by atoms with Gasteiger partial charge in [0.25, 0.3) is 0 Å². The SMILES string of the molecule is CCCCCCCC/C=C\CCCCCCCOCOCC(COCOCCCCCCCCCCCCCCC)OP(=O)(O)OCCNC(=O)CCC(C)=O. The van der Waals surface area contributed by atoms with Gasteiger partial charge in [-0.05, 0) is 45.4 Å². The summed E-state index contributed by atoms with van der Waals surface area (Å²) in [5.74, 6) is -0.420. The van der Waals surface area contributed by atoms with Crippen molar-refractivity contribution in [3.63, 3.8) is 0 Å². The average molecular weight is 820 g/mol. The van der Waals surface area contributed by atoms with Gasteiger partial charge in [0.15, 0.2) is 0 Å². The molecule has 1 amide bonds. The first-order valence-electron chi connectivity index (χ1n) is 22.7.